The summed E-state index contributed by atoms with van der Waals surface area (Å²) in [5.74, 6) is -0.0689. The minimum atomic E-state index is -0.500. The highest BCUT2D eigenvalue weighted by molar-refractivity contribution is 5.82. The van der Waals surface area contributed by atoms with Gasteiger partial charge in [-0.3, -0.25) is 4.79 Å². The Morgan fingerprint density at radius 3 is 2.67 bits per heavy atom. The van der Waals surface area contributed by atoms with Crippen LogP contribution in [0.5, 0.6) is 0 Å². The fourth-order valence-electron chi connectivity index (χ4n) is 2.95. The fourth-order valence-corrected chi connectivity index (χ4v) is 2.95. The average Bonchev–Trinajstić information content (AvgIpc) is 2.91. The number of benzene rings is 2. The van der Waals surface area contributed by atoms with Crippen molar-refractivity contribution in [3.63, 3.8) is 0 Å². The quantitative estimate of drug-likeness (QED) is 0.903. The molecular formula is C18H20N2O. The Hall–Kier alpha value is -2.13. The molecular weight excluding hydrogens is 260 g/mol. The molecule has 0 bridgehead atoms. The van der Waals surface area contributed by atoms with Gasteiger partial charge in [0.25, 0.3) is 0 Å². The number of carbonyl (C=O) groups excluding carboxylic acids is 1. The Labute approximate surface area is 125 Å². The summed E-state index contributed by atoms with van der Waals surface area (Å²) in [6.07, 6.45) is 2.55. The zero-order valence-corrected chi connectivity index (χ0v) is 12.0. The van der Waals surface area contributed by atoms with Gasteiger partial charge in [-0.1, -0.05) is 54.6 Å². The first-order valence-electron chi connectivity index (χ1n) is 7.42. The van der Waals surface area contributed by atoms with Crippen LogP contribution in [0, 0.1) is 0 Å². The molecule has 1 amide bonds. The summed E-state index contributed by atoms with van der Waals surface area (Å²) in [6, 6.07) is 17.8. The van der Waals surface area contributed by atoms with Gasteiger partial charge in [0, 0.05) is 0 Å². The Morgan fingerprint density at radius 1 is 1.14 bits per heavy atom. The molecule has 0 saturated heterocycles. The van der Waals surface area contributed by atoms with Gasteiger partial charge in [0.05, 0.1) is 12.1 Å². The lowest BCUT2D eigenvalue weighted by molar-refractivity contribution is -0.123. The maximum absolute atomic E-state index is 12.3. The SMILES string of the molecule is N[C@H](Cc1ccccc1)C(=O)NC1CCc2ccccc21. The van der Waals surface area contributed by atoms with Crippen LogP contribution >= 0.6 is 0 Å². The second-order valence-corrected chi connectivity index (χ2v) is 5.59. The number of aryl methyl sites for hydroxylation is 1. The lowest BCUT2D eigenvalue weighted by atomic mass is 10.0. The Balaban J connectivity index is 1.62. The largest absolute Gasteiger partial charge is 0.348 e. The maximum Gasteiger partial charge on any atom is 0.237 e. The highest BCUT2D eigenvalue weighted by Crippen LogP contribution is 2.30. The van der Waals surface area contributed by atoms with Crippen molar-refractivity contribution in [2.75, 3.05) is 0 Å². The highest BCUT2D eigenvalue weighted by Gasteiger charge is 2.25. The average molecular weight is 280 g/mol. The molecule has 3 heteroatoms. The van der Waals surface area contributed by atoms with Gasteiger partial charge in [-0.05, 0) is 36.0 Å². The van der Waals surface area contributed by atoms with E-state index in [4.69, 9.17) is 5.73 Å². The number of amides is 1. The topological polar surface area (TPSA) is 55.1 Å². The summed E-state index contributed by atoms with van der Waals surface area (Å²) in [6.45, 7) is 0. The van der Waals surface area contributed by atoms with E-state index < -0.39 is 6.04 Å². The Bertz CT molecular complexity index is 624. The Morgan fingerprint density at radius 2 is 1.86 bits per heavy atom. The van der Waals surface area contributed by atoms with Crippen LogP contribution in [-0.4, -0.2) is 11.9 Å². The van der Waals surface area contributed by atoms with Gasteiger partial charge in [-0.2, -0.15) is 0 Å². The van der Waals surface area contributed by atoms with E-state index >= 15 is 0 Å². The third-order valence-electron chi connectivity index (χ3n) is 4.08. The molecule has 0 heterocycles. The number of hydrogen-bond donors (Lipinski definition) is 2. The first-order valence-corrected chi connectivity index (χ1v) is 7.42. The summed E-state index contributed by atoms with van der Waals surface area (Å²) >= 11 is 0. The van der Waals surface area contributed by atoms with E-state index in [-0.39, 0.29) is 11.9 Å². The van der Waals surface area contributed by atoms with Gasteiger partial charge in [-0.15, -0.1) is 0 Å². The van der Waals surface area contributed by atoms with E-state index in [1.807, 2.05) is 42.5 Å². The molecule has 21 heavy (non-hydrogen) atoms. The molecule has 108 valence electrons. The van der Waals surface area contributed by atoms with Crippen molar-refractivity contribution in [3.05, 3.63) is 71.3 Å². The van der Waals surface area contributed by atoms with Crippen LogP contribution in [-0.2, 0) is 17.6 Å². The lowest BCUT2D eigenvalue weighted by Gasteiger charge is -2.18. The standard InChI is InChI=1S/C18H20N2O/c19-16(12-13-6-2-1-3-7-13)18(21)20-17-11-10-14-8-4-5-9-15(14)17/h1-9,16-17H,10-12,19H2,(H,20,21)/t16-,17?/m1/s1. The summed E-state index contributed by atoms with van der Waals surface area (Å²) < 4.78 is 0. The van der Waals surface area contributed by atoms with Crippen LogP contribution < -0.4 is 11.1 Å². The van der Waals surface area contributed by atoms with E-state index in [1.54, 1.807) is 0 Å². The second-order valence-electron chi connectivity index (χ2n) is 5.59. The molecule has 1 unspecified atom stereocenters. The lowest BCUT2D eigenvalue weighted by Crippen LogP contribution is -2.43. The minimum absolute atomic E-state index is 0.0689. The predicted octanol–water partition coefficient (Wildman–Crippen LogP) is 2.36. The molecule has 0 aliphatic heterocycles. The van der Waals surface area contributed by atoms with Crippen molar-refractivity contribution >= 4 is 5.91 Å². The molecule has 3 nitrogen and oxygen atoms in total. The summed E-state index contributed by atoms with van der Waals surface area (Å²) in [5, 5.41) is 3.09. The predicted molar refractivity (Wildman–Crippen MR) is 83.8 cm³/mol. The molecule has 3 rings (SSSR count). The molecule has 0 aromatic heterocycles. The smallest absolute Gasteiger partial charge is 0.237 e. The molecule has 2 aromatic rings. The van der Waals surface area contributed by atoms with E-state index in [9.17, 15) is 4.79 Å². The van der Waals surface area contributed by atoms with E-state index in [0.29, 0.717) is 6.42 Å². The maximum atomic E-state index is 12.3. The molecule has 3 N–H and O–H groups in total. The highest BCUT2D eigenvalue weighted by atomic mass is 16.2. The van der Waals surface area contributed by atoms with Crippen molar-refractivity contribution in [1.82, 2.24) is 5.32 Å². The van der Waals surface area contributed by atoms with E-state index in [2.05, 4.69) is 17.4 Å². The molecule has 0 spiro atoms. The van der Waals surface area contributed by atoms with Crippen molar-refractivity contribution in [2.24, 2.45) is 5.73 Å². The van der Waals surface area contributed by atoms with E-state index in [1.165, 1.54) is 11.1 Å². The fraction of sp³-hybridized carbons (Fsp3) is 0.278. The number of rotatable bonds is 4. The van der Waals surface area contributed by atoms with Crippen LogP contribution in [0.3, 0.4) is 0 Å². The van der Waals surface area contributed by atoms with Gasteiger partial charge < -0.3 is 11.1 Å². The zero-order valence-electron chi connectivity index (χ0n) is 12.0. The van der Waals surface area contributed by atoms with Gasteiger partial charge in [-0.25, -0.2) is 0 Å². The van der Waals surface area contributed by atoms with E-state index in [0.717, 1.165) is 18.4 Å². The van der Waals surface area contributed by atoms with Gasteiger partial charge in [0.1, 0.15) is 0 Å². The third kappa shape index (κ3) is 3.14. The number of nitrogens with one attached hydrogen (secondary N) is 1. The third-order valence-corrected chi connectivity index (χ3v) is 4.08. The zero-order chi connectivity index (χ0) is 14.7. The molecule has 2 aromatic carbocycles. The normalized spacial score (nSPS) is 18.0. The molecule has 1 aliphatic rings. The number of hydrogen-bond acceptors (Lipinski definition) is 2. The molecule has 2 atom stereocenters. The summed E-state index contributed by atoms with van der Waals surface area (Å²) in [5.41, 5.74) is 9.69. The summed E-state index contributed by atoms with van der Waals surface area (Å²) in [4.78, 5) is 12.3. The minimum Gasteiger partial charge on any atom is -0.348 e. The second kappa shape index (κ2) is 6.10. The monoisotopic (exact) mass is 280 g/mol. The van der Waals surface area contributed by atoms with Crippen molar-refractivity contribution in [1.29, 1.82) is 0 Å². The van der Waals surface area contributed by atoms with Crippen LogP contribution in [0.2, 0.25) is 0 Å². The number of nitrogens with two attached hydrogens (primary N) is 1. The number of carbonyl (C=O) groups is 1. The van der Waals surface area contributed by atoms with Crippen LogP contribution in [0.25, 0.3) is 0 Å². The van der Waals surface area contributed by atoms with Gasteiger partial charge in [0.15, 0.2) is 0 Å². The van der Waals surface area contributed by atoms with Crippen molar-refractivity contribution in [3.8, 4) is 0 Å². The molecule has 1 aliphatic carbocycles. The van der Waals surface area contributed by atoms with Crippen molar-refractivity contribution < 1.29 is 4.79 Å². The first kappa shape index (κ1) is 13.8. The van der Waals surface area contributed by atoms with Gasteiger partial charge >= 0.3 is 0 Å². The van der Waals surface area contributed by atoms with Gasteiger partial charge in [0.2, 0.25) is 5.91 Å². The Kier molecular flexibility index (Phi) is 4.02. The van der Waals surface area contributed by atoms with Crippen LogP contribution in [0.15, 0.2) is 54.6 Å². The first-order chi connectivity index (χ1) is 10.2. The molecule has 0 radical (unpaired) electrons. The summed E-state index contributed by atoms with van der Waals surface area (Å²) in [7, 11) is 0. The number of fused-ring (bicyclic) bond motifs is 1. The molecule has 0 fully saturated rings. The van der Waals surface area contributed by atoms with Crippen LogP contribution in [0.1, 0.15) is 29.2 Å². The van der Waals surface area contributed by atoms with Crippen molar-refractivity contribution in [2.45, 2.75) is 31.3 Å². The molecule has 0 saturated carbocycles. The van der Waals surface area contributed by atoms with Crippen LogP contribution in [0.4, 0.5) is 0 Å².